The zero-order valence-corrected chi connectivity index (χ0v) is 20.4. The van der Waals surface area contributed by atoms with Crippen molar-refractivity contribution < 1.29 is 4.52 Å². The second-order valence-electron chi connectivity index (χ2n) is 7.33. The molecular formula is C22H27N4OPSSi. The Bertz CT molecular complexity index is 979. The molecule has 0 unspecified atom stereocenters. The summed E-state index contributed by atoms with van der Waals surface area (Å²) in [6.45, 7) is -2.56. The molecule has 0 spiro atoms. The van der Waals surface area contributed by atoms with E-state index in [0.717, 1.165) is 5.75 Å². The molecule has 1 aliphatic heterocycles. The Kier molecular flexibility index (Phi) is 5.96. The van der Waals surface area contributed by atoms with Crippen molar-refractivity contribution in [3.05, 3.63) is 91.0 Å². The first-order chi connectivity index (χ1) is 14.4. The molecule has 1 heterocycles. The van der Waals surface area contributed by atoms with Crippen molar-refractivity contribution in [1.29, 1.82) is 0 Å². The van der Waals surface area contributed by atoms with Gasteiger partial charge in [0, 0.05) is 14.1 Å². The van der Waals surface area contributed by atoms with E-state index >= 15 is 0 Å². The van der Waals surface area contributed by atoms with E-state index in [9.17, 15) is 0 Å². The first-order valence-electron chi connectivity index (χ1n) is 9.84. The molecule has 0 aromatic heterocycles. The van der Waals surface area contributed by atoms with Gasteiger partial charge in [-0.3, -0.25) is 0 Å². The highest BCUT2D eigenvalue weighted by molar-refractivity contribution is 8.10. The molecule has 3 aromatic rings. The largest absolute Gasteiger partial charge is 0.439 e. The second kappa shape index (κ2) is 8.36. The highest BCUT2D eigenvalue weighted by Gasteiger charge is 2.58. The summed E-state index contributed by atoms with van der Waals surface area (Å²) in [7, 11) is 5.83. The van der Waals surface area contributed by atoms with E-state index in [0.29, 0.717) is 0 Å². The molecule has 0 aliphatic carbocycles. The van der Waals surface area contributed by atoms with Gasteiger partial charge in [0.05, 0.1) is 0 Å². The molecule has 30 heavy (non-hydrogen) atoms. The lowest BCUT2D eigenvalue weighted by Crippen LogP contribution is -2.84. The quantitative estimate of drug-likeness (QED) is 0.443. The lowest BCUT2D eigenvalue weighted by atomic mass is 10.3. The minimum Gasteiger partial charge on any atom is -0.439 e. The van der Waals surface area contributed by atoms with Crippen LogP contribution in [0.2, 0.25) is 0 Å². The van der Waals surface area contributed by atoms with Gasteiger partial charge in [0.15, 0.2) is 0 Å². The molecule has 0 atom stereocenters. The van der Waals surface area contributed by atoms with Crippen LogP contribution in [0.15, 0.2) is 91.0 Å². The van der Waals surface area contributed by atoms with E-state index in [1.54, 1.807) is 0 Å². The lowest BCUT2D eigenvalue weighted by Gasteiger charge is -2.60. The first-order valence-corrected chi connectivity index (χ1v) is 14.4. The average Bonchev–Trinajstić information content (AvgIpc) is 2.79. The molecule has 156 valence electrons. The minimum absolute atomic E-state index is 0.787. The van der Waals surface area contributed by atoms with E-state index < -0.39 is 15.0 Å². The molecule has 3 aromatic carbocycles. The Labute approximate surface area is 185 Å². The van der Waals surface area contributed by atoms with Gasteiger partial charge in [-0.1, -0.05) is 78.9 Å². The van der Waals surface area contributed by atoms with E-state index in [1.807, 2.05) is 30.3 Å². The second-order valence-corrected chi connectivity index (χ2v) is 14.9. The molecule has 0 bridgehead atoms. The summed E-state index contributed by atoms with van der Waals surface area (Å²) in [5.41, 5.74) is 0. The summed E-state index contributed by atoms with van der Waals surface area (Å²) in [6, 6.07) is 31.3. The lowest BCUT2D eigenvalue weighted by molar-refractivity contribution is 0.0873. The van der Waals surface area contributed by atoms with Crippen LogP contribution in [-0.2, 0) is 11.8 Å². The number of rotatable bonds is 4. The number of benzene rings is 3. The average molecular weight is 455 g/mol. The molecule has 0 saturated carbocycles. The van der Waals surface area contributed by atoms with Crippen LogP contribution < -0.4 is 14.9 Å². The normalized spacial score (nSPS) is 20.1. The fraction of sp³-hybridized carbons (Fsp3) is 0.182. The fourth-order valence-corrected chi connectivity index (χ4v) is 13.0. The molecule has 0 amide bonds. The third-order valence-corrected chi connectivity index (χ3v) is 15.0. The molecule has 1 aliphatic rings. The van der Waals surface area contributed by atoms with Gasteiger partial charge in [0.25, 0.3) is 6.57 Å². The zero-order chi connectivity index (χ0) is 21.4. The number of hydrogen-bond donors (Lipinski definition) is 0. The monoisotopic (exact) mass is 454 g/mol. The van der Waals surface area contributed by atoms with E-state index in [-0.39, 0.29) is 0 Å². The molecule has 5 nitrogen and oxygen atoms in total. The van der Waals surface area contributed by atoms with Gasteiger partial charge in [-0.15, -0.1) is 0 Å². The van der Waals surface area contributed by atoms with Gasteiger partial charge >= 0.3 is 8.40 Å². The van der Waals surface area contributed by atoms with Gasteiger partial charge in [0.1, 0.15) is 5.75 Å². The zero-order valence-electron chi connectivity index (χ0n) is 17.7. The molecule has 1 saturated heterocycles. The Morgan fingerprint density at radius 1 is 0.633 bits per heavy atom. The first kappa shape index (κ1) is 21.4. The highest BCUT2D eigenvalue weighted by Crippen LogP contribution is 2.57. The van der Waals surface area contributed by atoms with Crippen LogP contribution >= 0.6 is 6.57 Å². The minimum atomic E-state index is -2.57. The Morgan fingerprint density at radius 2 is 1.00 bits per heavy atom. The van der Waals surface area contributed by atoms with Crippen molar-refractivity contribution in [3.63, 3.8) is 0 Å². The Morgan fingerprint density at radius 3 is 1.40 bits per heavy atom. The van der Waals surface area contributed by atoms with E-state index in [2.05, 4.69) is 108 Å². The van der Waals surface area contributed by atoms with Gasteiger partial charge in [-0.25, -0.2) is 9.35 Å². The van der Waals surface area contributed by atoms with Crippen molar-refractivity contribution in [3.8, 4) is 5.75 Å². The SMILES string of the molecule is CN1N(C)P(=S)(Oc2ccccc2)N(C)N(C)[Si]1(c1ccccc1)c1ccccc1. The molecular weight excluding hydrogens is 427 g/mol. The maximum absolute atomic E-state index is 6.49. The summed E-state index contributed by atoms with van der Waals surface area (Å²) in [5.74, 6) is 0.787. The topological polar surface area (TPSA) is 22.2 Å². The van der Waals surface area contributed by atoms with Crippen molar-refractivity contribution in [1.82, 2.24) is 18.9 Å². The van der Waals surface area contributed by atoms with E-state index in [1.165, 1.54) is 10.4 Å². The predicted octanol–water partition coefficient (Wildman–Crippen LogP) is 3.12. The van der Waals surface area contributed by atoms with Gasteiger partial charge in [-0.2, -0.15) is 9.56 Å². The standard InChI is InChI=1S/C22H27N4OPSSi/c1-23-25(3)30(21-16-10-6-11-17-21,22-18-12-7-13-19-22)26(4)24(2)28(23,29)27-20-14-8-5-9-15-20/h5-19H,1-4H3. The fourth-order valence-electron chi connectivity index (χ4n) is 4.15. The Hall–Kier alpha value is -1.83. The predicted molar refractivity (Wildman–Crippen MR) is 130 cm³/mol. The van der Waals surface area contributed by atoms with Crippen molar-refractivity contribution in [2.75, 3.05) is 28.2 Å². The van der Waals surface area contributed by atoms with Crippen LogP contribution in [0, 0.1) is 0 Å². The molecule has 0 N–H and O–H groups in total. The van der Waals surface area contributed by atoms with Crippen LogP contribution in [0.25, 0.3) is 0 Å². The maximum atomic E-state index is 6.49. The third kappa shape index (κ3) is 3.27. The number of nitrogens with zero attached hydrogens (tertiary/aromatic N) is 4. The Balaban J connectivity index is 1.88. The summed E-state index contributed by atoms with van der Waals surface area (Å²) in [5, 5.41) is 2.58. The van der Waals surface area contributed by atoms with Crippen molar-refractivity contribution >= 4 is 37.1 Å². The molecule has 4 rings (SSSR count). The van der Waals surface area contributed by atoms with Crippen LogP contribution in [0.4, 0.5) is 0 Å². The molecule has 0 radical (unpaired) electrons. The smallest absolute Gasteiger partial charge is 0.300 e. The van der Waals surface area contributed by atoms with Gasteiger partial charge in [-0.05, 0) is 48.4 Å². The van der Waals surface area contributed by atoms with Crippen LogP contribution in [-0.4, -0.2) is 55.5 Å². The summed E-state index contributed by atoms with van der Waals surface area (Å²) in [4.78, 5) is 0. The number of para-hydroxylation sites is 1. The molecule has 1 fully saturated rings. The third-order valence-electron chi connectivity index (χ3n) is 5.86. The van der Waals surface area contributed by atoms with Crippen molar-refractivity contribution in [2.24, 2.45) is 0 Å². The summed E-state index contributed by atoms with van der Waals surface area (Å²) in [6.07, 6.45) is 0. The van der Waals surface area contributed by atoms with Gasteiger partial charge in [0.2, 0.25) is 0 Å². The van der Waals surface area contributed by atoms with Crippen LogP contribution in [0.5, 0.6) is 5.75 Å². The number of hydrazine groups is 2. The van der Waals surface area contributed by atoms with E-state index in [4.69, 9.17) is 16.3 Å². The van der Waals surface area contributed by atoms with Gasteiger partial charge < -0.3 is 4.52 Å². The summed E-state index contributed by atoms with van der Waals surface area (Å²) >= 11 is 6.22. The van der Waals surface area contributed by atoms with Crippen LogP contribution in [0.3, 0.4) is 0 Å². The van der Waals surface area contributed by atoms with Crippen molar-refractivity contribution in [2.45, 2.75) is 0 Å². The molecule has 8 heteroatoms. The van der Waals surface area contributed by atoms with Crippen LogP contribution in [0.1, 0.15) is 0 Å². The highest BCUT2D eigenvalue weighted by atomic mass is 32.5. The number of hydrogen-bond acceptors (Lipinski definition) is 4. The summed E-state index contributed by atoms with van der Waals surface area (Å²) < 4.78 is 15.5. The maximum Gasteiger partial charge on any atom is 0.300 e.